The number of rotatable bonds is 2. The highest BCUT2D eigenvalue weighted by Gasteiger charge is 2.57. The van der Waals surface area contributed by atoms with Crippen molar-refractivity contribution in [3.05, 3.63) is 29.3 Å². The van der Waals surface area contributed by atoms with Gasteiger partial charge >= 0.3 is 6.18 Å². The normalized spacial score (nSPS) is 22.3. The van der Waals surface area contributed by atoms with Crippen LogP contribution in [-0.4, -0.2) is 19.0 Å². The monoisotopic (exact) mass is 348 g/mol. The molecule has 1 aliphatic carbocycles. The maximum Gasteiger partial charge on any atom is 0.416 e. The molecule has 3 rings (SSSR count). The zero-order valence-corrected chi connectivity index (χ0v) is 13.6. The SMILES string of the molecule is Cc1ccc(C(F)(F)F)cc1NC(=O)C1CC12CCNCC2.Cl. The van der Waals surface area contributed by atoms with Crippen LogP contribution in [0.5, 0.6) is 0 Å². The molecule has 7 heteroatoms. The third-order valence-electron chi connectivity index (χ3n) is 4.93. The fraction of sp³-hybridized carbons (Fsp3) is 0.562. The Morgan fingerprint density at radius 1 is 1.30 bits per heavy atom. The van der Waals surface area contributed by atoms with E-state index in [1.165, 1.54) is 6.07 Å². The van der Waals surface area contributed by atoms with Crippen molar-refractivity contribution in [2.45, 2.75) is 32.4 Å². The van der Waals surface area contributed by atoms with E-state index in [1.807, 2.05) is 0 Å². The Morgan fingerprint density at radius 3 is 2.57 bits per heavy atom. The molecule has 1 heterocycles. The Kier molecular flexibility index (Phi) is 4.97. The van der Waals surface area contributed by atoms with Crippen LogP contribution in [-0.2, 0) is 11.0 Å². The fourth-order valence-corrected chi connectivity index (χ4v) is 3.35. The lowest BCUT2D eigenvalue weighted by atomic mass is 9.91. The molecule has 1 unspecified atom stereocenters. The standard InChI is InChI=1S/C16H19F3N2O.ClH/c1-10-2-3-11(16(17,18)19)8-13(10)21-14(22)12-9-15(12)4-6-20-7-5-15;/h2-3,8,12,20H,4-7,9H2,1H3,(H,21,22);1H. The highest BCUT2D eigenvalue weighted by Crippen LogP contribution is 2.58. The molecule has 1 spiro atoms. The van der Waals surface area contributed by atoms with Crippen molar-refractivity contribution in [1.82, 2.24) is 5.32 Å². The summed E-state index contributed by atoms with van der Waals surface area (Å²) in [4.78, 5) is 12.3. The van der Waals surface area contributed by atoms with Crippen molar-refractivity contribution in [2.75, 3.05) is 18.4 Å². The molecule has 3 nitrogen and oxygen atoms in total. The molecule has 1 aliphatic heterocycles. The second-order valence-electron chi connectivity index (χ2n) is 6.39. The van der Waals surface area contributed by atoms with Crippen LogP contribution in [0, 0.1) is 18.3 Å². The van der Waals surface area contributed by atoms with Gasteiger partial charge in [-0.15, -0.1) is 12.4 Å². The van der Waals surface area contributed by atoms with E-state index in [1.54, 1.807) is 6.92 Å². The third-order valence-corrected chi connectivity index (χ3v) is 4.93. The van der Waals surface area contributed by atoms with E-state index in [-0.39, 0.29) is 35.3 Å². The Morgan fingerprint density at radius 2 is 1.96 bits per heavy atom. The highest BCUT2D eigenvalue weighted by atomic mass is 35.5. The van der Waals surface area contributed by atoms with Crippen molar-refractivity contribution in [1.29, 1.82) is 0 Å². The second-order valence-corrected chi connectivity index (χ2v) is 6.39. The number of hydrogen-bond acceptors (Lipinski definition) is 2. The summed E-state index contributed by atoms with van der Waals surface area (Å²) in [6, 6.07) is 3.45. The average Bonchev–Trinajstić information content (AvgIpc) is 3.14. The summed E-state index contributed by atoms with van der Waals surface area (Å²) in [7, 11) is 0. The highest BCUT2D eigenvalue weighted by molar-refractivity contribution is 5.95. The Bertz CT molecular complexity index is 597. The molecule has 1 atom stereocenters. The van der Waals surface area contributed by atoms with E-state index in [4.69, 9.17) is 0 Å². The number of alkyl halides is 3. The number of nitrogens with one attached hydrogen (secondary N) is 2. The Balaban J connectivity index is 0.00000192. The predicted molar refractivity (Wildman–Crippen MR) is 84.7 cm³/mol. The lowest BCUT2D eigenvalue weighted by Crippen LogP contribution is -2.31. The quantitative estimate of drug-likeness (QED) is 0.854. The lowest BCUT2D eigenvalue weighted by molar-refractivity contribution is -0.137. The number of carbonyl (C=O) groups is 1. The number of aryl methyl sites for hydroxylation is 1. The molecule has 0 radical (unpaired) electrons. The fourth-order valence-electron chi connectivity index (χ4n) is 3.35. The van der Waals surface area contributed by atoms with E-state index in [0.717, 1.165) is 44.5 Å². The minimum atomic E-state index is -4.40. The number of halogens is 4. The number of carbonyl (C=O) groups excluding carboxylic acids is 1. The molecule has 2 fully saturated rings. The minimum absolute atomic E-state index is 0. The molecule has 2 N–H and O–H groups in total. The maximum atomic E-state index is 12.8. The van der Waals surface area contributed by atoms with E-state index in [2.05, 4.69) is 10.6 Å². The van der Waals surface area contributed by atoms with Gasteiger partial charge in [-0.05, 0) is 62.4 Å². The van der Waals surface area contributed by atoms with Crippen LogP contribution in [0.4, 0.5) is 18.9 Å². The molecule has 2 aliphatic rings. The van der Waals surface area contributed by atoms with E-state index < -0.39 is 11.7 Å². The zero-order valence-electron chi connectivity index (χ0n) is 12.8. The molecule has 1 saturated carbocycles. The molecular weight excluding hydrogens is 329 g/mol. The van der Waals surface area contributed by atoms with Crippen molar-refractivity contribution < 1.29 is 18.0 Å². The van der Waals surface area contributed by atoms with Crippen LogP contribution in [0.2, 0.25) is 0 Å². The number of anilines is 1. The van der Waals surface area contributed by atoms with Gasteiger partial charge in [0.2, 0.25) is 5.91 Å². The average molecular weight is 349 g/mol. The number of hydrogen-bond donors (Lipinski definition) is 2. The topological polar surface area (TPSA) is 41.1 Å². The predicted octanol–water partition coefficient (Wildman–Crippen LogP) is 3.76. The summed E-state index contributed by atoms with van der Waals surface area (Å²) >= 11 is 0. The summed E-state index contributed by atoms with van der Waals surface area (Å²) in [5.74, 6) is -0.215. The van der Waals surface area contributed by atoms with Gasteiger partial charge in [0.1, 0.15) is 0 Å². The van der Waals surface area contributed by atoms with Gasteiger partial charge in [0.15, 0.2) is 0 Å². The van der Waals surface area contributed by atoms with E-state index in [9.17, 15) is 18.0 Å². The van der Waals surface area contributed by atoms with Gasteiger partial charge in [-0.1, -0.05) is 6.07 Å². The molecule has 1 amide bonds. The van der Waals surface area contributed by atoms with Crippen LogP contribution in [0.1, 0.15) is 30.4 Å². The maximum absolute atomic E-state index is 12.8. The first-order valence-corrected chi connectivity index (χ1v) is 7.51. The van der Waals surface area contributed by atoms with Gasteiger partial charge in [0.05, 0.1) is 5.56 Å². The van der Waals surface area contributed by atoms with Gasteiger partial charge in [-0.3, -0.25) is 4.79 Å². The molecule has 1 aromatic carbocycles. The van der Waals surface area contributed by atoms with Crippen molar-refractivity contribution in [3.8, 4) is 0 Å². The van der Waals surface area contributed by atoms with Crippen LogP contribution >= 0.6 is 12.4 Å². The largest absolute Gasteiger partial charge is 0.416 e. The Hall–Kier alpha value is -1.27. The van der Waals surface area contributed by atoms with E-state index >= 15 is 0 Å². The van der Waals surface area contributed by atoms with Crippen LogP contribution < -0.4 is 10.6 Å². The molecule has 0 aromatic heterocycles. The zero-order chi connectivity index (χ0) is 16.0. The molecule has 0 bridgehead atoms. The van der Waals surface area contributed by atoms with Gasteiger partial charge in [0.25, 0.3) is 0 Å². The lowest BCUT2D eigenvalue weighted by Gasteiger charge is -2.23. The van der Waals surface area contributed by atoms with Crippen molar-refractivity contribution in [2.24, 2.45) is 11.3 Å². The first-order chi connectivity index (χ1) is 10.3. The molecule has 23 heavy (non-hydrogen) atoms. The molecule has 1 saturated heterocycles. The molecule has 1 aromatic rings. The summed E-state index contributed by atoms with van der Waals surface area (Å²) in [6.45, 7) is 3.52. The summed E-state index contributed by atoms with van der Waals surface area (Å²) in [5, 5.41) is 5.96. The summed E-state index contributed by atoms with van der Waals surface area (Å²) in [6.07, 6.45) is -1.62. The van der Waals surface area contributed by atoms with Crippen LogP contribution in [0.15, 0.2) is 18.2 Å². The van der Waals surface area contributed by atoms with E-state index in [0.29, 0.717) is 5.56 Å². The number of amides is 1. The first kappa shape index (κ1) is 18.1. The minimum Gasteiger partial charge on any atom is -0.326 e. The van der Waals surface area contributed by atoms with Crippen LogP contribution in [0.25, 0.3) is 0 Å². The Labute approximate surface area is 139 Å². The van der Waals surface area contributed by atoms with Gasteiger partial charge in [0, 0.05) is 11.6 Å². The van der Waals surface area contributed by atoms with Crippen molar-refractivity contribution >= 4 is 24.0 Å². The second kappa shape index (κ2) is 6.32. The summed E-state index contributed by atoms with van der Waals surface area (Å²) in [5.41, 5.74) is 0.239. The van der Waals surface area contributed by atoms with Gasteiger partial charge in [-0.25, -0.2) is 0 Å². The summed E-state index contributed by atoms with van der Waals surface area (Å²) < 4.78 is 38.3. The molecule has 128 valence electrons. The number of benzene rings is 1. The number of piperidine rings is 1. The third kappa shape index (κ3) is 3.63. The van der Waals surface area contributed by atoms with Crippen molar-refractivity contribution in [3.63, 3.8) is 0 Å². The first-order valence-electron chi connectivity index (χ1n) is 7.51. The van der Waals surface area contributed by atoms with Crippen LogP contribution in [0.3, 0.4) is 0 Å². The van der Waals surface area contributed by atoms with Gasteiger partial charge < -0.3 is 10.6 Å². The van der Waals surface area contributed by atoms with Gasteiger partial charge in [-0.2, -0.15) is 13.2 Å². The molecular formula is C16H20ClF3N2O. The smallest absolute Gasteiger partial charge is 0.326 e.